The molecule has 180 valence electrons. The highest BCUT2D eigenvalue weighted by Gasteiger charge is 2.39. The normalized spacial score (nSPS) is 11.6. The van der Waals surface area contributed by atoms with Gasteiger partial charge in [-0.05, 0) is 44.0 Å². The van der Waals surface area contributed by atoms with Crippen LogP contribution in [0.5, 0.6) is 0 Å². The predicted molar refractivity (Wildman–Crippen MR) is 122 cm³/mol. The van der Waals surface area contributed by atoms with Crippen LogP contribution in [0.1, 0.15) is 33.3 Å². The molecule has 1 amide bonds. The SMILES string of the molecule is CCOP(=O)(OCC)OP(=O)(OCC)OCC.O=C(O)NCc1cccc2ccccc12. The molecule has 0 heterocycles. The zero-order valence-corrected chi connectivity index (χ0v) is 20.5. The van der Waals surface area contributed by atoms with E-state index < -0.39 is 21.7 Å². The third kappa shape index (κ3) is 9.79. The number of rotatable bonds is 12. The fourth-order valence-corrected chi connectivity index (χ4v) is 5.69. The van der Waals surface area contributed by atoms with Crippen molar-refractivity contribution in [3.8, 4) is 0 Å². The van der Waals surface area contributed by atoms with Crippen LogP contribution < -0.4 is 5.32 Å². The molecule has 0 aromatic heterocycles. The van der Waals surface area contributed by atoms with Gasteiger partial charge >= 0.3 is 21.7 Å². The molecule has 0 saturated heterocycles. The Kier molecular flexibility index (Phi) is 12.7. The summed E-state index contributed by atoms with van der Waals surface area (Å²) in [7, 11) is -7.83. The Hall–Kier alpha value is -1.77. The number of carboxylic acid groups (broad SMARTS) is 1. The summed E-state index contributed by atoms with van der Waals surface area (Å²) in [5.74, 6) is 0. The molecule has 12 heteroatoms. The van der Waals surface area contributed by atoms with E-state index in [-0.39, 0.29) is 26.4 Å². The van der Waals surface area contributed by atoms with Crippen LogP contribution in [-0.4, -0.2) is 37.6 Å². The number of carbonyl (C=O) groups is 1. The molecule has 2 rings (SSSR count). The van der Waals surface area contributed by atoms with E-state index in [4.69, 9.17) is 27.5 Å². The topological polar surface area (TPSA) is 130 Å². The number of phosphoric acid groups is 2. The van der Waals surface area contributed by atoms with E-state index in [9.17, 15) is 13.9 Å². The van der Waals surface area contributed by atoms with E-state index in [1.165, 1.54) is 0 Å². The fraction of sp³-hybridized carbons (Fsp3) is 0.450. The summed E-state index contributed by atoms with van der Waals surface area (Å²) in [4.78, 5) is 10.4. The average Bonchev–Trinajstić information content (AvgIpc) is 2.73. The Labute approximate surface area is 188 Å². The smallest absolute Gasteiger partial charge is 0.465 e. The lowest BCUT2D eigenvalue weighted by Gasteiger charge is -2.21. The molecule has 0 spiro atoms. The lowest BCUT2D eigenvalue weighted by atomic mass is 10.0. The van der Waals surface area contributed by atoms with Crippen LogP contribution in [0.4, 0.5) is 4.79 Å². The van der Waals surface area contributed by atoms with Gasteiger partial charge in [-0.3, -0.25) is 18.1 Å². The maximum atomic E-state index is 12.0. The second kappa shape index (κ2) is 14.4. The van der Waals surface area contributed by atoms with Crippen molar-refractivity contribution in [1.29, 1.82) is 0 Å². The van der Waals surface area contributed by atoms with Crippen LogP contribution in [0.25, 0.3) is 10.8 Å². The van der Waals surface area contributed by atoms with Crippen molar-refractivity contribution in [3.05, 3.63) is 48.0 Å². The minimum atomic E-state index is -3.91. The first-order valence-corrected chi connectivity index (χ1v) is 13.1. The van der Waals surface area contributed by atoms with Gasteiger partial charge in [0.25, 0.3) is 0 Å². The van der Waals surface area contributed by atoms with Gasteiger partial charge < -0.3 is 10.4 Å². The Morgan fingerprint density at radius 1 is 0.812 bits per heavy atom. The number of nitrogens with one attached hydrogen (secondary N) is 1. The molecule has 0 aliphatic heterocycles. The first-order valence-electron chi connectivity index (χ1n) is 10.1. The highest BCUT2D eigenvalue weighted by atomic mass is 31.3. The van der Waals surface area contributed by atoms with Gasteiger partial charge in [-0.25, -0.2) is 13.9 Å². The number of amides is 1. The van der Waals surface area contributed by atoms with Gasteiger partial charge in [0.1, 0.15) is 0 Å². The van der Waals surface area contributed by atoms with Crippen LogP contribution in [0.15, 0.2) is 42.5 Å². The third-order valence-corrected chi connectivity index (χ3v) is 7.56. The van der Waals surface area contributed by atoms with Gasteiger partial charge in [0.05, 0.1) is 26.4 Å². The van der Waals surface area contributed by atoms with E-state index >= 15 is 0 Å². The van der Waals surface area contributed by atoms with Gasteiger partial charge in [-0.1, -0.05) is 42.5 Å². The standard InChI is InChI=1S/C12H11NO2.C8H20O7P2/c14-12(15)13-8-10-6-3-5-9-4-1-2-7-11(9)10;1-5-11-16(9,12-6-2)15-17(10,13-7-3)14-8-4/h1-7,13H,8H2,(H,14,15);5-8H2,1-4H3. The zero-order valence-electron chi connectivity index (χ0n) is 18.7. The van der Waals surface area contributed by atoms with Crippen molar-refractivity contribution in [3.63, 3.8) is 0 Å². The molecule has 0 saturated carbocycles. The quantitative estimate of drug-likeness (QED) is 0.345. The van der Waals surface area contributed by atoms with Gasteiger partial charge in [-0.2, -0.15) is 4.31 Å². The van der Waals surface area contributed by atoms with Gasteiger partial charge in [0.15, 0.2) is 0 Å². The van der Waals surface area contributed by atoms with Crippen LogP contribution in [0.2, 0.25) is 0 Å². The van der Waals surface area contributed by atoms with Gasteiger partial charge in [-0.15, -0.1) is 0 Å². The average molecular weight is 491 g/mol. The molecule has 2 aromatic carbocycles. The number of benzene rings is 2. The Morgan fingerprint density at radius 3 is 1.75 bits per heavy atom. The Bertz CT molecular complexity index is 885. The maximum absolute atomic E-state index is 12.0. The van der Waals surface area contributed by atoms with E-state index in [1.54, 1.807) is 27.7 Å². The van der Waals surface area contributed by atoms with E-state index in [1.807, 2.05) is 42.5 Å². The highest BCUT2D eigenvalue weighted by Crippen LogP contribution is 2.65. The molecule has 0 unspecified atom stereocenters. The minimum Gasteiger partial charge on any atom is -0.465 e. The molecule has 10 nitrogen and oxygen atoms in total. The third-order valence-electron chi connectivity index (χ3n) is 3.66. The van der Waals surface area contributed by atoms with Crippen LogP contribution in [0.3, 0.4) is 0 Å². The van der Waals surface area contributed by atoms with Gasteiger partial charge in [0, 0.05) is 6.54 Å². The summed E-state index contributed by atoms with van der Waals surface area (Å²) < 4.78 is 48.1. The van der Waals surface area contributed by atoms with Crippen LogP contribution >= 0.6 is 15.6 Å². The maximum Gasteiger partial charge on any atom is 0.483 e. The van der Waals surface area contributed by atoms with Crippen molar-refractivity contribution in [2.24, 2.45) is 0 Å². The number of hydrogen-bond acceptors (Lipinski definition) is 8. The molecular weight excluding hydrogens is 460 g/mol. The summed E-state index contributed by atoms with van der Waals surface area (Å²) in [6, 6.07) is 13.8. The molecule has 2 aromatic rings. The van der Waals surface area contributed by atoms with Crippen molar-refractivity contribution >= 4 is 32.5 Å². The highest BCUT2D eigenvalue weighted by molar-refractivity contribution is 7.62. The summed E-state index contributed by atoms with van der Waals surface area (Å²) in [6.45, 7) is 7.16. The Morgan fingerprint density at radius 2 is 1.28 bits per heavy atom. The van der Waals surface area contributed by atoms with Crippen molar-refractivity contribution in [1.82, 2.24) is 5.32 Å². The van der Waals surface area contributed by atoms with Crippen molar-refractivity contribution in [2.45, 2.75) is 34.2 Å². The second-order valence-corrected chi connectivity index (χ2v) is 9.42. The fourth-order valence-electron chi connectivity index (χ4n) is 2.54. The second-order valence-electron chi connectivity index (χ2n) is 5.94. The lowest BCUT2D eigenvalue weighted by Crippen LogP contribution is -2.19. The molecule has 2 N–H and O–H groups in total. The van der Waals surface area contributed by atoms with Crippen molar-refractivity contribution < 1.29 is 41.4 Å². The monoisotopic (exact) mass is 491 g/mol. The molecule has 0 bridgehead atoms. The molecular formula is C20H31NO9P2. The van der Waals surface area contributed by atoms with Crippen molar-refractivity contribution in [2.75, 3.05) is 26.4 Å². The number of phosphoric ester groups is 2. The number of hydrogen-bond donors (Lipinski definition) is 2. The molecule has 0 aliphatic carbocycles. The summed E-state index contributed by atoms with van der Waals surface area (Å²) in [6.07, 6.45) is -0.997. The first kappa shape index (κ1) is 28.3. The summed E-state index contributed by atoms with van der Waals surface area (Å²) in [5, 5.41) is 13.1. The molecule has 32 heavy (non-hydrogen) atoms. The van der Waals surface area contributed by atoms with E-state index in [2.05, 4.69) is 5.32 Å². The summed E-state index contributed by atoms with van der Waals surface area (Å²) >= 11 is 0. The number of fused-ring (bicyclic) bond motifs is 1. The Balaban J connectivity index is 0.000000321. The lowest BCUT2D eigenvalue weighted by molar-refractivity contribution is 0.119. The molecule has 0 aliphatic rings. The van der Waals surface area contributed by atoms with Gasteiger partial charge in [0.2, 0.25) is 0 Å². The molecule has 0 radical (unpaired) electrons. The van der Waals surface area contributed by atoms with Crippen LogP contribution in [-0.2, 0) is 38.1 Å². The van der Waals surface area contributed by atoms with E-state index in [0.29, 0.717) is 6.54 Å². The predicted octanol–water partition coefficient (Wildman–Crippen LogP) is 5.97. The summed E-state index contributed by atoms with van der Waals surface area (Å²) in [5.41, 5.74) is 0.996. The molecule has 0 atom stereocenters. The molecule has 0 fully saturated rings. The van der Waals surface area contributed by atoms with Crippen LogP contribution in [0, 0.1) is 0 Å². The van der Waals surface area contributed by atoms with E-state index in [0.717, 1.165) is 16.3 Å². The zero-order chi connectivity index (χ0) is 24.0. The minimum absolute atomic E-state index is 0.0928. The first-order chi connectivity index (χ1) is 15.2. The largest absolute Gasteiger partial charge is 0.483 e.